The van der Waals surface area contributed by atoms with Crippen LogP contribution in [0, 0.1) is 0 Å². The van der Waals surface area contributed by atoms with Gasteiger partial charge in [-0.3, -0.25) is 20.1 Å². The van der Waals surface area contributed by atoms with Gasteiger partial charge in [0.2, 0.25) is 11.9 Å². The average Bonchev–Trinajstić information content (AvgIpc) is 3.28. The van der Waals surface area contributed by atoms with E-state index in [4.69, 9.17) is 0 Å². The van der Waals surface area contributed by atoms with Gasteiger partial charge in [0.05, 0.1) is 29.5 Å². The topological polar surface area (TPSA) is 89.7 Å². The van der Waals surface area contributed by atoms with E-state index >= 15 is 0 Å². The summed E-state index contributed by atoms with van der Waals surface area (Å²) in [7, 11) is 1.90. The number of aromatic nitrogens is 4. The molecule has 2 heterocycles. The Morgan fingerprint density at radius 1 is 1.11 bits per heavy atom. The second kappa shape index (κ2) is 7.43. The van der Waals surface area contributed by atoms with Gasteiger partial charge in [0.1, 0.15) is 0 Å². The Kier molecular flexibility index (Phi) is 4.67. The minimum atomic E-state index is -0.124. The van der Waals surface area contributed by atoms with Crippen LogP contribution in [0.15, 0.2) is 60.8 Å². The summed E-state index contributed by atoms with van der Waals surface area (Å²) in [5.41, 5.74) is 4.81. The lowest BCUT2D eigenvalue weighted by Gasteiger charge is -2.15. The summed E-state index contributed by atoms with van der Waals surface area (Å²) < 4.78 is 0. The summed E-state index contributed by atoms with van der Waals surface area (Å²) >= 11 is 0. The number of fused-ring (bicyclic) bond motifs is 1. The number of nitrogens with one attached hydrogen (secondary N) is 3. The second-order valence-electron chi connectivity index (χ2n) is 6.46. The molecule has 7 nitrogen and oxygen atoms in total. The van der Waals surface area contributed by atoms with Crippen molar-refractivity contribution in [2.24, 2.45) is 0 Å². The van der Waals surface area contributed by atoms with Crippen molar-refractivity contribution < 1.29 is 4.79 Å². The van der Waals surface area contributed by atoms with Gasteiger partial charge in [-0.25, -0.2) is 4.98 Å². The number of H-pyrrole nitrogens is 2. The van der Waals surface area contributed by atoms with Gasteiger partial charge in [0.25, 0.3) is 0 Å². The van der Waals surface area contributed by atoms with Gasteiger partial charge < -0.3 is 4.98 Å². The first-order valence-corrected chi connectivity index (χ1v) is 8.70. The number of nitrogens with zero attached hydrogens (tertiary/aromatic N) is 3. The summed E-state index contributed by atoms with van der Waals surface area (Å²) in [4.78, 5) is 21.8. The molecule has 7 heteroatoms. The number of imidazole rings is 1. The Balaban J connectivity index is 1.39. The molecule has 0 unspecified atom stereocenters. The highest BCUT2D eigenvalue weighted by Gasteiger charge is 2.13. The zero-order valence-corrected chi connectivity index (χ0v) is 14.9. The van der Waals surface area contributed by atoms with E-state index in [-0.39, 0.29) is 12.5 Å². The summed E-state index contributed by atoms with van der Waals surface area (Å²) in [5, 5.41) is 10.0. The molecule has 0 aliphatic carbocycles. The van der Waals surface area contributed by atoms with Crippen LogP contribution in [0.1, 0.15) is 5.56 Å². The van der Waals surface area contributed by atoms with Gasteiger partial charge in [0, 0.05) is 12.1 Å². The number of likely N-dealkylation sites (N-methyl/N-ethyl adjacent to an activating group) is 1. The van der Waals surface area contributed by atoms with E-state index in [2.05, 4.69) is 25.5 Å². The molecule has 136 valence electrons. The molecule has 0 spiro atoms. The fraction of sp³-hybridized carbons (Fsp3) is 0.150. The van der Waals surface area contributed by atoms with Crippen LogP contribution in [0.2, 0.25) is 0 Å². The molecular weight excluding hydrogens is 340 g/mol. The van der Waals surface area contributed by atoms with Crippen LogP contribution >= 0.6 is 0 Å². The van der Waals surface area contributed by atoms with E-state index in [1.165, 1.54) is 0 Å². The first kappa shape index (κ1) is 17.0. The molecule has 0 bridgehead atoms. The van der Waals surface area contributed by atoms with Crippen LogP contribution in [-0.4, -0.2) is 44.6 Å². The molecule has 27 heavy (non-hydrogen) atoms. The molecular formula is C20H20N6O. The second-order valence-corrected chi connectivity index (χ2v) is 6.46. The first-order valence-electron chi connectivity index (χ1n) is 8.70. The van der Waals surface area contributed by atoms with Crippen molar-refractivity contribution in [1.29, 1.82) is 0 Å². The number of anilines is 1. The molecule has 0 aliphatic rings. The van der Waals surface area contributed by atoms with Gasteiger partial charge in [-0.15, -0.1) is 0 Å². The fourth-order valence-electron chi connectivity index (χ4n) is 3.06. The SMILES string of the molecule is CN(CC(=O)Nc1nc2ccccc2[nH]1)Cc1cn[nH]c1-c1ccccc1. The molecule has 4 rings (SSSR count). The average molecular weight is 360 g/mol. The zero-order chi connectivity index (χ0) is 18.6. The maximum Gasteiger partial charge on any atom is 0.240 e. The van der Waals surface area contributed by atoms with Crippen LogP contribution in [0.25, 0.3) is 22.3 Å². The van der Waals surface area contributed by atoms with E-state index in [1.54, 1.807) is 6.20 Å². The van der Waals surface area contributed by atoms with E-state index in [9.17, 15) is 4.79 Å². The van der Waals surface area contributed by atoms with Crippen molar-refractivity contribution in [2.45, 2.75) is 6.54 Å². The molecule has 3 N–H and O–H groups in total. The van der Waals surface area contributed by atoms with Gasteiger partial charge >= 0.3 is 0 Å². The standard InChI is InChI=1S/C20H20N6O/c1-26(12-15-11-21-25-19(15)14-7-3-2-4-8-14)13-18(27)24-20-22-16-9-5-6-10-17(16)23-20/h2-11H,12-13H2,1H3,(H,21,25)(H2,22,23,24,27). The number of benzene rings is 2. The lowest BCUT2D eigenvalue weighted by molar-refractivity contribution is -0.117. The van der Waals surface area contributed by atoms with Gasteiger partial charge in [-0.1, -0.05) is 42.5 Å². The number of para-hydroxylation sites is 2. The van der Waals surface area contributed by atoms with E-state index in [0.29, 0.717) is 12.5 Å². The number of hydrogen-bond acceptors (Lipinski definition) is 4. The van der Waals surface area contributed by atoms with E-state index in [1.807, 2.05) is 66.5 Å². The maximum absolute atomic E-state index is 12.3. The van der Waals surface area contributed by atoms with Crippen LogP contribution < -0.4 is 5.32 Å². The predicted molar refractivity (Wildman–Crippen MR) is 105 cm³/mol. The van der Waals surface area contributed by atoms with Crippen molar-refractivity contribution in [2.75, 3.05) is 18.9 Å². The Morgan fingerprint density at radius 2 is 1.89 bits per heavy atom. The molecule has 0 fully saturated rings. The molecule has 0 saturated carbocycles. The number of hydrogen-bond donors (Lipinski definition) is 3. The van der Waals surface area contributed by atoms with Crippen LogP contribution in [0.3, 0.4) is 0 Å². The Morgan fingerprint density at radius 3 is 2.70 bits per heavy atom. The highest BCUT2D eigenvalue weighted by molar-refractivity contribution is 5.92. The fourth-order valence-corrected chi connectivity index (χ4v) is 3.06. The third kappa shape index (κ3) is 3.88. The maximum atomic E-state index is 12.3. The largest absolute Gasteiger partial charge is 0.324 e. The smallest absolute Gasteiger partial charge is 0.240 e. The summed E-state index contributed by atoms with van der Waals surface area (Å²) in [5.74, 6) is 0.337. The van der Waals surface area contributed by atoms with Gasteiger partial charge in [0.15, 0.2) is 0 Å². The molecule has 0 atom stereocenters. The molecule has 0 aliphatic heterocycles. The van der Waals surface area contributed by atoms with Crippen molar-refractivity contribution in [3.8, 4) is 11.3 Å². The van der Waals surface area contributed by atoms with Crippen molar-refractivity contribution >= 4 is 22.9 Å². The Hall–Kier alpha value is -3.45. The lowest BCUT2D eigenvalue weighted by Crippen LogP contribution is -2.30. The highest BCUT2D eigenvalue weighted by atomic mass is 16.2. The van der Waals surface area contributed by atoms with Crippen molar-refractivity contribution in [3.63, 3.8) is 0 Å². The van der Waals surface area contributed by atoms with Crippen LogP contribution in [0.4, 0.5) is 5.95 Å². The van der Waals surface area contributed by atoms with E-state index < -0.39 is 0 Å². The van der Waals surface area contributed by atoms with Crippen LogP contribution in [-0.2, 0) is 11.3 Å². The number of carbonyl (C=O) groups excluding carboxylic acids is 1. The normalized spacial score (nSPS) is 11.2. The predicted octanol–water partition coefficient (Wildman–Crippen LogP) is 3.02. The van der Waals surface area contributed by atoms with Crippen LogP contribution in [0.5, 0.6) is 0 Å². The highest BCUT2D eigenvalue weighted by Crippen LogP contribution is 2.21. The number of carbonyl (C=O) groups is 1. The quantitative estimate of drug-likeness (QED) is 0.493. The zero-order valence-electron chi connectivity index (χ0n) is 14.9. The lowest BCUT2D eigenvalue weighted by atomic mass is 10.1. The van der Waals surface area contributed by atoms with Crippen molar-refractivity contribution in [3.05, 3.63) is 66.4 Å². The van der Waals surface area contributed by atoms with Crippen molar-refractivity contribution in [1.82, 2.24) is 25.1 Å². The molecule has 2 aromatic heterocycles. The summed E-state index contributed by atoms with van der Waals surface area (Å²) in [6.07, 6.45) is 1.80. The number of aromatic amines is 2. The Labute approximate surface area is 156 Å². The first-order chi connectivity index (χ1) is 13.2. The monoisotopic (exact) mass is 360 g/mol. The summed E-state index contributed by atoms with van der Waals surface area (Å²) in [6, 6.07) is 17.7. The molecule has 1 amide bonds. The number of rotatable bonds is 6. The molecule has 2 aromatic carbocycles. The Bertz CT molecular complexity index is 1020. The van der Waals surface area contributed by atoms with Gasteiger partial charge in [-0.2, -0.15) is 5.10 Å². The third-order valence-electron chi connectivity index (χ3n) is 4.28. The minimum Gasteiger partial charge on any atom is -0.324 e. The molecule has 0 radical (unpaired) electrons. The molecule has 0 saturated heterocycles. The molecule has 4 aromatic rings. The van der Waals surface area contributed by atoms with E-state index in [0.717, 1.165) is 27.9 Å². The third-order valence-corrected chi connectivity index (χ3v) is 4.28. The number of amides is 1. The minimum absolute atomic E-state index is 0.124. The van der Waals surface area contributed by atoms with Gasteiger partial charge in [-0.05, 0) is 24.7 Å². The summed E-state index contributed by atoms with van der Waals surface area (Å²) in [6.45, 7) is 0.852.